The summed E-state index contributed by atoms with van der Waals surface area (Å²) in [5.74, 6) is 1.83. The highest BCUT2D eigenvalue weighted by atomic mass is 32.1. The molecule has 0 amide bonds. The average Bonchev–Trinajstić information content (AvgIpc) is 2.57. The average molecular weight is 221 g/mol. The molecule has 15 heavy (non-hydrogen) atoms. The molecule has 3 nitrogen and oxygen atoms in total. The lowest BCUT2D eigenvalue weighted by molar-refractivity contribution is 0.733. The molecule has 2 rings (SSSR count). The minimum atomic E-state index is 0.866. The van der Waals surface area contributed by atoms with E-state index in [-0.39, 0.29) is 0 Å². The molecule has 0 fully saturated rings. The van der Waals surface area contributed by atoms with Crippen molar-refractivity contribution < 1.29 is 0 Å². The van der Waals surface area contributed by atoms with E-state index in [1.165, 1.54) is 5.56 Å². The van der Waals surface area contributed by atoms with E-state index in [4.69, 9.17) is 0 Å². The van der Waals surface area contributed by atoms with Gasteiger partial charge in [0.15, 0.2) is 0 Å². The zero-order chi connectivity index (χ0) is 10.7. The largest absolute Gasteiger partial charge is 0.342 e. The lowest BCUT2D eigenvalue weighted by Crippen LogP contribution is -2.15. The monoisotopic (exact) mass is 221 g/mol. The van der Waals surface area contributed by atoms with E-state index in [0.29, 0.717) is 0 Å². The van der Waals surface area contributed by atoms with Crippen LogP contribution in [0.5, 0.6) is 0 Å². The van der Waals surface area contributed by atoms with Gasteiger partial charge in [-0.1, -0.05) is 6.07 Å². The molecule has 4 heteroatoms. The van der Waals surface area contributed by atoms with Gasteiger partial charge >= 0.3 is 0 Å². The Kier molecular flexibility index (Phi) is 3.28. The predicted octanol–water partition coefficient (Wildman–Crippen LogP) is 1.89. The van der Waals surface area contributed by atoms with Crippen LogP contribution in [-0.4, -0.2) is 22.3 Å². The van der Waals surface area contributed by atoms with Gasteiger partial charge in [-0.15, -0.1) is 0 Å². The summed E-state index contributed by atoms with van der Waals surface area (Å²) in [5, 5.41) is 3.31. The third-order valence-electron chi connectivity index (χ3n) is 2.28. The number of aryl methyl sites for hydroxylation is 1. The Labute approximate surface area is 94.7 Å². The summed E-state index contributed by atoms with van der Waals surface area (Å²) in [7, 11) is 0. The molecule has 0 bridgehead atoms. The van der Waals surface area contributed by atoms with Gasteiger partial charge in [-0.2, -0.15) is 12.6 Å². The van der Waals surface area contributed by atoms with E-state index in [1.807, 2.05) is 6.92 Å². The smallest absolute Gasteiger partial charge is 0.104 e. The highest BCUT2D eigenvalue weighted by Gasteiger charge is 2.00. The molecule has 1 aromatic heterocycles. The van der Waals surface area contributed by atoms with Crippen molar-refractivity contribution in [3.8, 4) is 0 Å². The molecule has 2 aromatic rings. The summed E-state index contributed by atoms with van der Waals surface area (Å²) in [6, 6.07) is 6.30. The predicted molar refractivity (Wildman–Crippen MR) is 66.4 cm³/mol. The van der Waals surface area contributed by atoms with Gasteiger partial charge in [0, 0.05) is 18.8 Å². The molecule has 0 aliphatic rings. The zero-order valence-electron chi connectivity index (χ0n) is 8.75. The number of nitrogens with zero attached hydrogens (tertiary/aromatic N) is 1. The molecule has 0 unspecified atom stereocenters. The van der Waals surface area contributed by atoms with Crippen LogP contribution >= 0.6 is 12.6 Å². The molecule has 1 heterocycles. The quantitative estimate of drug-likeness (QED) is 0.545. The van der Waals surface area contributed by atoms with Gasteiger partial charge in [-0.25, -0.2) is 4.98 Å². The molecule has 2 N–H and O–H groups in total. The molecular formula is C11H15N3S. The van der Waals surface area contributed by atoms with Crippen LogP contribution in [0.4, 0.5) is 0 Å². The van der Waals surface area contributed by atoms with E-state index in [2.05, 4.69) is 46.1 Å². The maximum Gasteiger partial charge on any atom is 0.104 e. The summed E-state index contributed by atoms with van der Waals surface area (Å²) in [6.07, 6.45) is 0. The van der Waals surface area contributed by atoms with Crippen molar-refractivity contribution >= 4 is 23.7 Å². The number of aromatic amines is 1. The van der Waals surface area contributed by atoms with E-state index in [9.17, 15) is 0 Å². The van der Waals surface area contributed by atoms with Crippen LogP contribution in [0.2, 0.25) is 0 Å². The van der Waals surface area contributed by atoms with Crippen LogP contribution in [0, 0.1) is 6.92 Å². The van der Waals surface area contributed by atoms with Gasteiger partial charge in [-0.05, 0) is 24.6 Å². The Balaban J connectivity index is 2.15. The van der Waals surface area contributed by atoms with E-state index in [0.717, 1.165) is 35.7 Å². The third kappa shape index (κ3) is 2.52. The number of aromatic nitrogens is 2. The molecule has 0 aliphatic heterocycles. The Morgan fingerprint density at radius 1 is 1.47 bits per heavy atom. The summed E-state index contributed by atoms with van der Waals surface area (Å²) >= 11 is 4.15. The number of rotatable bonds is 4. The summed E-state index contributed by atoms with van der Waals surface area (Å²) in [4.78, 5) is 7.60. The fourth-order valence-electron chi connectivity index (χ4n) is 1.61. The third-order valence-corrected chi connectivity index (χ3v) is 2.51. The fourth-order valence-corrected chi connectivity index (χ4v) is 1.76. The topological polar surface area (TPSA) is 40.7 Å². The standard InChI is InChI=1S/C11H15N3S/c1-8-13-10-3-2-9(6-11(10)14-8)7-12-4-5-15/h2-3,6,12,15H,4-5,7H2,1H3,(H,13,14). The Morgan fingerprint density at radius 2 is 2.33 bits per heavy atom. The van der Waals surface area contributed by atoms with Gasteiger partial charge in [0.2, 0.25) is 0 Å². The highest BCUT2D eigenvalue weighted by Crippen LogP contribution is 2.13. The van der Waals surface area contributed by atoms with Crippen LogP contribution < -0.4 is 5.32 Å². The van der Waals surface area contributed by atoms with Gasteiger partial charge in [-0.3, -0.25) is 0 Å². The summed E-state index contributed by atoms with van der Waals surface area (Å²) < 4.78 is 0. The number of nitrogens with one attached hydrogen (secondary N) is 2. The van der Waals surface area contributed by atoms with Crippen molar-refractivity contribution in [2.24, 2.45) is 0 Å². The lowest BCUT2D eigenvalue weighted by atomic mass is 10.2. The van der Waals surface area contributed by atoms with Gasteiger partial charge in [0.25, 0.3) is 0 Å². The molecule has 0 spiro atoms. The Bertz CT molecular complexity index is 450. The molecular weight excluding hydrogens is 206 g/mol. The molecule has 0 atom stereocenters. The summed E-state index contributed by atoms with van der Waals surface area (Å²) in [6.45, 7) is 3.79. The molecule has 0 saturated heterocycles. The van der Waals surface area contributed by atoms with Crippen LogP contribution in [0.15, 0.2) is 18.2 Å². The Hall–Kier alpha value is -1.00. The number of H-pyrrole nitrogens is 1. The minimum Gasteiger partial charge on any atom is -0.342 e. The molecule has 0 aliphatic carbocycles. The lowest BCUT2D eigenvalue weighted by Gasteiger charge is -2.02. The second kappa shape index (κ2) is 4.68. The Morgan fingerprint density at radius 3 is 3.13 bits per heavy atom. The van der Waals surface area contributed by atoms with Crippen LogP contribution in [0.25, 0.3) is 11.0 Å². The number of imidazole rings is 1. The van der Waals surface area contributed by atoms with Gasteiger partial charge in [0.1, 0.15) is 5.82 Å². The van der Waals surface area contributed by atoms with E-state index >= 15 is 0 Å². The highest BCUT2D eigenvalue weighted by molar-refractivity contribution is 7.80. The maximum absolute atomic E-state index is 4.36. The van der Waals surface area contributed by atoms with Crippen molar-refractivity contribution in [2.75, 3.05) is 12.3 Å². The SMILES string of the molecule is Cc1nc2ccc(CNCCS)cc2[nH]1. The van der Waals surface area contributed by atoms with E-state index < -0.39 is 0 Å². The number of hydrogen-bond donors (Lipinski definition) is 3. The fraction of sp³-hybridized carbons (Fsp3) is 0.364. The second-order valence-electron chi connectivity index (χ2n) is 3.57. The molecule has 0 saturated carbocycles. The van der Waals surface area contributed by atoms with Crippen LogP contribution in [-0.2, 0) is 6.54 Å². The van der Waals surface area contributed by atoms with Crippen LogP contribution in [0.3, 0.4) is 0 Å². The van der Waals surface area contributed by atoms with Gasteiger partial charge < -0.3 is 10.3 Å². The van der Waals surface area contributed by atoms with Crippen molar-refractivity contribution in [3.63, 3.8) is 0 Å². The summed E-state index contributed by atoms with van der Waals surface area (Å²) in [5.41, 5.74) is 3.41. The molecule has 1 aromatic carbocycles. The minimum absolute atomic E-state index is 0.866. The van der Waals surface area contributed by atoms with Gasteiger partial charge in [0.05, 0.1) is 11.0 Å². The molecule has 80 valence electrons. The van der Waals surface area contributed by atoms with Crippen molar-refractivity contribution in [1.29, 1.82) is 0 Å². The van der Waals surface area contributed by atoms with Crippen molar-refractivity contribution in [3.05, 3.63) is 29.6 Å². The second-order valence-corrected chi connectivity index (χ2v) is 4.02. The van der Waals surface area contributed by atoms with Crippen molar-refractivity contribution in [1.82, 2.24) is 15.3 Å². The first-order valence-corrected chi connectivity index (χ1v) is 5.69. The number of thiol groups is 1. The maximum atomic E-state index is 4.36. The number of benzene rings is 1. The zero-order valence-corrected chi connectivity index (χ0v) is 9.64. The first-order valence-electron chi connectivity index (χ1n) is 5.06. The first-order chi connectivity index (χ1) is 7.29. The number of hydrogen-bond acceptors (Lipinski definition) is 3. The normalized spacial score (nSPS) is 11.1. The van der Waals surface area contributed by atoms with Crippen LogP contribution in [0.1, 0.15) is 11.4 Å². The number of fused-ring (bicyclic) bond motifs is 1. The van der Waals surface area contributed by atoms with E-state index in [1.54, 1.807) is 0 Å². The first kappa shape index (κ1) is 10.5. The molecule has 0 radical (unpaired) electrons. The van der Waals surface area contributed by atoms with Crippen molar-refractivity contribution in [2.45, 2.75) is 13.5 Å².